The fourth-order valence-corrected chi connectivity index (χ4v) is 10.9. The molecular weight excluding hydrogens is 825 g/mol. The highest BCUT2D eigenvalue weighted by molar-refractivity contribution is 6.13. The third-order valence-corrected chi connectivity index (χ3v) is 13.9. The lowest BCUT2D eigenvalue weighted by molar-refractivity contribution is 1.20. The smallest absolute Gasteiger partial charge is 0.0973 e. The number of rotatable bonds is 6. The van der Waals surface area contributed by atoms with Gasteiger partial charge < -0.3 is 9.13 Å². The normalized spacial score (nSPS) is 11.8. The second-order valence-corrected chi connectivity index (χ2v) is 17.7. The minimum atomic E-state index is 0.857. The molecule has 0 N–H and O–H groups in total. The van der Waals surface area contributed by atoms with E-state index in [1.165, 1.54) is 87.7 Å². The predicted molar refractivity (Wildman–Crippen MR) is 285 cm³/mol. The molecule has 0 aliphatic carbocycles. The van der Waals surface area contributed by atoms with Gasteiger partial charge in [0.25, 0.3) is 0 Å². The van der Waals surface area contributed by atoms with Gasteiger partial charge in [0.2, 0.25) is 0 Å². The zero-order valence-corrected chi connectivity index (χ0v) is 36.9. The van der Waals surface area contributed by atoms with Gasteiger partial charge in [-0.05, 0) is 81.6 Å². The van der Waals surface area contributed by atoms with Crippen LogP contribution in [0.3, 0.4) is 0 Å². The average molecular weight is 865 g/mol. The van der Waals surface area contributed by atoms with Crippen LogP contribution in [0.4, 0.5) is 0 Å². The molecule has 0 radical (unpaired) electrons. The van der Waals surface area contributed by atoms with Crippen molar-refractivity contribution < 1.29 is 0 Å². The number of para-hydroxylation sites is 6. The molecule has 11 aromatic carbocycles. The quantitative estimate of drug-likeness (QED) is 0.167. The van der Waals surface area contributed by atoms with Crippen LogP contribution < -0.4 is 0 Å². The van der Waals surface area contributed by atoms with Gasteiger partial charge in [-0.2, -0.15) is 0 Å². The molecular formula is C64H40N4. The Bertz CT molecular complexity index is 3920. The predicted octanol–water partition coefficient (Wildman–Crippen LogP) is 16.8. The Kier molecular flexibility index (Phi) is 8.55. The minimum Gasteiger partial charge on any atom is -0.309 e. The zero-order chi connectivity index (χ0) is 44.7. The van der Waals surface area contributed by atoms with Crippen molar-refractivity contribution in [1.29, 1.82) is 0 Å². The fourth-order valence-electron chi connectivity index (χ4n) is 10.9. The maximum Gasteiger partial charge on any atom is 0.0973 e. The summed E-state index contributed by atoms with van der Waals surface area (Å²) in [6.07, 6.45) is 0. The first-order valence-corrected chi connectivity index (χ1v) is 23.2. The van der Waals surface area contributed by atoms with Gasteiger partial charge in [0, 0.05) is 43.4 Å². The summed E-state index contributed by atoms with van der Waals surface area (Å²) in [5, 5.41) is 9.87. The van der Waals surface area contributed by atoms with Gasteiger partial charge in [-0.1, -0.05) is 194 Å². The van der Waals surface area contributed by atoms with Gasteiger partial charge in [0.05, 0.1) is 55.9 Å². The van der Waals surface area contributed by atoms with Gasteiger partial charge in [-0.25, -0.2) is 9.97 Å². The number of fused-ring (bicyclic) bond motifs is 9. The van der Waals surface area contributed by atoms with Crippen molar-refractivity contribution in [3.63, 3.8) is 0 Å². The van der Waals surface area contributed by atoms with E-state index in [2.05, 4.69) is 228 Å². The lowest BCUT2D eigenvalue weighted by Crippen LogP contribution is -1.96. The Morgan fingerprint density at radius 2 is 0.515 bits per heavy atom. The van der Waals surface area contributed by atoms with Crippen LogP contribution in [0.25, 0.3) is 132 Å². The van der Waals surface area contributed by atoms with Crippen molar-refractivity contribution in [1.82, 2.24) is 19.1 Å². The highest BCUT2D eigenvalue weighted by Crippen LogP contribution is 2.41. The summed E-state index contributed by atoms with van der Waals surface area (Å²) in [5.41, 5.74) is 17.3. The van der Waals surface area contributed by atoms with Crippen LogP contribution in [0.2, 0.25) is 0 Å². The first kappa shape index (κ1) is 38.2. The lowest BCUT2D eigenvalue weighted by Gasteiger charge is -2.15. The number of hydrogen-bond acceptors (Lipinski definition) is 2. The molecule has 0 aliphatic rings. The molecule has 14 aromatic rings. The zero-order valence-electron chi connectivity index (χ0n) is 36.9. The monoisotopic (exact) mass is 864 g/mol. The summed E-state index contributed by atoms with van der Waals surface area (Å²) in [4.78, 5) is 10.6. The van der Waals surface area contributed by atoms with Crippen LogP contribution in [-0.4, -0.2) is 19.1 Å². The maximum absolute atomic E-state index is 5.30. The molecule has 68 heavy (non-hydrogen) atoms. The largest absolute Gasteiger partial charge is 0.309 e. The molecule has 14 rings (SSSR count). The molecule has 0 saturated carbocycles. The lowest BCUT2D eigenvalue weighted by atomic mass is 9.94. The second kappa shape index (κ2) is 15.2. The van der Waals surface area contributed by atoms with Gasteiger partial charge in [0.1, 0.15) is 0 Å². The Labute approximate surface area is 392 Å². The Morgan fingerprint density at radius 3 is 0.897 bits per heavy atom. The third kappa shape index (κ3) is 5.87. The second-order valence-electron chi connectivity index (χ2n) is 17.7. The summed E-state index contributed by atoms with van der Waals surface area (Å²) >= 11 is 0. The molecule has 0 amide bonds. The maximum atomic E-state index is 5.30. The first-order valence-electron chi connectivity index (χ1n) is 23.2. The van der Waals surface area contributed by atoms with E-state index in [4.69, 9.17) is 9.97 Å². The van der Waals surface area contributed by atoms with Gasteiger partial charge in [0.15, 0.2) is 0 Å². The van der Waals surface area contributed by atoms with Crippen LogP contribution >= 0.6 is 0 Å². The molecule has 4 nitrogen and oxygen atoms in total. The summed E-state index contributed by atoms with van der Waals surface area (Å²) in [5.74, 6) is 0. The van der Waals surface area contributed by atoms with Crippen LogP contribution in [-0.2, 0) is 0 Å². The molecule has 3 heterocycles. The summed E-state index contributed by atoms with van der Waals surface area (Å²) in [6.45, 7) is 0. The molecule has 0 aliphatic heterocycles. The SMILES string of the molecule is c1ccc2nc(-c3ccc(-c4cccc5c(-n6c7ccccc7c7ccccc76)cccc45)cc3)c(-c3ccc(-c4cccc5c(-n6c7ccccc7c7ccccc76)cccc45)cc3)nc2c1. The highest BCUT2D eigenvalue weighted by atomic mass is 15.0. The average Bonchev–Trinajstić information content (AvgIpc) is 3.93. The van der Waals surface area contributed by atoms with Crippen LogP contribution in [0, 0.1) is 0 Å². The molecule has 0 saturated heterocycles. The molecule has 0 unspecified atom stereocenters. The molecule has 0 spiro atoms. The van der Waals surface area contributed by atoms with Crippen molar-refractivity contribution in [2.45, 2.75) is 0 Å². The summed E-state index contributed by atoms with van der Waals surface area (Å²) < 4.78 is 4.83. The number of aromatic nitrogens is 4. The third-order valence-electron chi connectivity index (χ3n) is 13.9. The van der Waals surface area contributed by atoms with Crippen LogP contribution in [0.5, 0.6) is 0 Å². The van der Waals surface area contributed by atoms with E-state index < -0.39 is 0 Å². The molecule has 0 bridgehead atoms. The number of benzene rings is 11. The Morgan fingerprint density at radius 1 is 0.221 bits per heavy atom. The fraction of sp³-hybridized carbons (Fsp3) is 0. The molecule has 0 fully saturated rings. The van der Waals surface area contributed by atoms with Crippen molar-refractivity contribution in [3.05, 3.63) is 243 Å². The number of nitrogens with zero attached hydrogens (tertiary/aromatic N) is 4. The molecule has 0 atom stereocenters. The molecule has 4 heteroatoms. The Balaban J connectivity index is 0.845. The van der Waals surface area contributed by atoms with Crippen molar-refractivity contribution >= 4 is 76.2 Å². The van der Waals surface area contributed by atoms with Crippen LogP contribution in [0.1, 0.15) is 0 Å². The highest BCUT2D eigenvalue weighted by Gasteiger charge is 2.19. The van der Waals surface area contributed by atoms with E-state index in [9.17, 15) is 0 Å². The van der Waals surface area contributed by atoms with E-state index >= 15 is 0 Å². The van der Waals surface area contributed by atoms with Crippen molar-refractivity contribution in [3.8, 4) is 56.1 Å². The van der Waals surface area contributed by atoms with E-state index in [0.717, 1.165) is 44.7 Å². The van der Waals surface area contributed by atoms with Gasteiger partial charge >= 0.3 is 0 Å². The van der Waals surface area contributed by atoms with Crippen molar-refractivity contribution in [2.24, 2.45) is 0 Å². The Hall–Kier alpha value is -9.12. The number of hydrogen-bond donors (Lipinski definition) is 0. The summed E-state index contributed by atoms with van der Waals surface area (Å²) in [6, 6.07) is 87.4. The van der Waals surface area contributed by atoms with E-state index in [-0.39, 0.29) is 0 Å². The van der Waals surface area contributed by atoms with Crippen LogP contribution in [0.15, 0.2) is 243 Å². The van der Waals surface area contributed by atoms with E-state index in [1.54, 1.807) is 0 Å². The van der Waals surface area contributed by atoms with Gasteiger partial charge in [-0.3, -0.25) is 0 Å². The minimum absolute atomic E-state index is 0.857. The van der Waals surface area contributed by atoms with Gasteiger partial charge in [-0.15, -0.1) is 0 Å². The van der Waals surface area contributed by atoms with E-state index in [1.807, 2.05) is 24.3 Å². The topological polar surface area (TPSA) is 35.6 Å². The van der Waals surface area contributed by atoms with E-state index in [0.29, 0.717) is 0 Å². The summed E-state index contributed by atoms with van der Waals surface area (Å²) in [7, 11) is 0. The van der Waals surface area contributed by atoms with Crippen molar-refractivity contribution in [2.75, 3.05) is 0 Å². The first-order chi connectivity index (χ1) is 33.7. The molecule has 3 aromatic heterocycles. The molecule has 316 valence electrons. The standard InChI is InChI=1S/C64H40N4/c1-7-27-57-51(15-1)52-16-2-8-28-58(52)67(57)61-31-13-21-47-45(19-11-23-49(47)61)41-33-37-43(38-34-41)63-64(66-56-26-6-5-25-55(56)65-63)44-39-35-42(36-40-44)46-20-12-24-50-48(46)22-14-32-62(50)68-59-29-9-3-17-53(59)54-18-4-10-30-60(54)68/h1-40H.